The average molecular weight is 275 g/mol. The highest BCUT2D eigenvalue weighted by molar-refractivity contribution is 5.67. The van der Waals surface area contributed by atoms with Gasteiger partial charge in [0.1, 0.15) is 0 Å². The first kappa shape index (κ1) is 14.2. The Hall–Kier alpha value is -2.24. The molecule has 20 heavy (non-hydrogen) atoms. The second-order valence-corrected chi connectivity index (χ2v) is 5.55. The van der Waals surface area contributed by atoms with Crippen molar-refractivity contribution < 1.29 is 14.4 Å². The van der Waals surface area contributed by atoms with Gasteiger partial charge >= 0.3 is 5.97 Å². The zero-order valence-electron chi connectivity index (χ0n) is 11.5. The van der Waals surface area contributed by atoms with Crippen molar-refractivity contribution >= 4 is 5.97 Å². The number of carboxylic acids is 1. The van der Waals surface area contributed by atoms with Gasteiger partial charge in [0.2, 0.25) is 5.89 Å². The van der Waals surface area contributed by atoms with Crippen LogP contribution < -0.4 is 0 Å². The zero-order chi connectivity index (χ0) is 14.6. The summed E-state index contributed by atoms with van der Waals surface area (Å²) in [6, 6.07) is 3.80. The molecule has 0 spiro atoms. The molecule has 0 aliphatic rings. The number of rotatable bonds is 6. The van der Waals surface area contributed by atoms with Crippen molar-refractivity contribution in [3.05, 3.63) is 41.8 Å². The van der Waals surface area contributed by atoms with Crippen LogP contribution in [0.15, 0.2) is 29.0 Å². The summed E-state index contributed by atoms with van der Waals surface area (Å²) in [6.07, 6.45) is 4.52. The Labute approximate surface area is 116 Å². The fourth-order valence-corrected chi connectivity index (χ4v) is 2.00. The Morgan fingerprint density at radius 3 is 2.90 bits per heavy atom. The third-order valence-electron chi connectivity index (χ3n) is 2.85. The lowest BCUT2D eigenvalue weighted by molar-refractivity contribution is -0.139. The van der Waals surface area contributed by atoms with Crippen molar-refractivity contribution in [2.24, 2.45) is 5.41 Å². The molecule has 0 aliphatic carbocycles. The first-order chi connectivity index (χ1) is 9.44. The SMILES string of the molecule is CC(C)(CC(=O)O)Cc1nc(Cc2cccnc2)no1. The Morgan fingerprint density at radius 2 is 2.25 bits per heavy atom. The van der Waals surface area contributed by atoms with E-state index in [4.69, 9.17) is 9.63 Å². The summed E-state index contributed by atoms with van der Waals surface area (Å²) < 4.78 is 5.18. The summed E-state index contributed by atoms with van der Waals surface area (Å²) in [5.74, 6) is 0.222. The summed E-state index contributed by atoms with van der Waals surface area (Å²) >= 11 is 0. The minimum atomic E-state index is -0.829. The normalized spacial score (nSPS) is 11.5. The van der Waals surface area contributed by atoms with Gasteiger partial charge in [0.05, 0.1) is 6.42 Å². The van der Waals surface area contributed by atoms with Crippen LogP contribution in [-0.4, -0.2) is 26.2 Å². The third-order valence-corrected chi connectivity index (χ3v) is 2.85. The van der Waals surface area contributed by atoms with Crippen LogP contribution in [0.4, 0.5) is 0 Å². The van der Waals surface area contributed by atoms with Crippen LogP contribution in [0, 0.1) is 5.41 Å². The molecule has 106 valence electrons. The average Bonchev–Trinajstić information content (AvgIpc) is 2.75. The van der Waals surface area contributed by atoms with Gasteiger partial charge < -0.3 is 9.63 Å². The summed E-state index contributed by atoms with van der Waals surface area (Å²) in [4.78, 5) is 19.1. The molecule has 2 aromatic rings. The fourth-order valence-electron chi connectivity index (χ4n) is 2.00. The van der Waals surface area contributed by atoms with Crippen LogP contribution >= 0.6 is 0 Å². The van der Waals surface area contributed by atoms with Crippen molar-refractivity contribution in [3.8, 4) is 0 Å². The Morgan fingerprint density at radius 1 is 1.45 bits per heavy atom. The number of carbonyl (C=O) groups is 1. The molecule has 0 saturated carbocycles. The van der Waals surface area contributed by atoms with Gasteiger partial charge in [-0.3, -0.25) is 9.78 Å². The zero-order valence-corrected chi connectivity index (χ0v) is 11.5. The predicted molar refractivity (Wildman–Crippen MR) is 71.1 cm³/mol. The molecule has 0 aliphatic heterocycles. The van der Waals surface area contributed by atoms with E-state index in [1.807, 2.05) is 26.0 Å². The van der Waals surface area contributed by atoms with E-state index in [1.54, 1.807) is 12.4 Å². The van der Waals surface area contributed by atoms with Crippen molar-refractivity contribution in [2.75, 3.05) is 0 Å². The minimum absolute atomic E-state index is 0.0628. The molecule has 1 N–H and O–H groups in total. The minimum Gasteiger partial charge on any atom is -0.481 e. The molecule has 2 rings (SSSR count). The van der Waals surface area contributed by atoms with Crippen LogP contribution in [-0.2, 0) is 17.6 Å². The summed E-state index contributed by atoms with van der Waals surface area (Å²) in [5, 5.41) is 12.8. The molecule has 6 nitrogen and oxygen atoms in total. The molecule has 0 unspecified atom stereocenters. The highest BCUT2D eigenvalue weighted by atomic mass is 16.5. The van der Waals surface area contributed by atoms with Gasteiger partial charge in [0, 0.05) is 25.2 Å². The molecule has 0 fully saturated rings. The van der Waals surface area contributed by atoms with Crippen molar-refractivity contribution in [3.63, 3.8) is 0 Å². The van der Waals surface area contributed by atoms with Crippen LogP contribution in [0.25, 0.3) is 0 Å². The highest BCUT2D eigenvalue weighted by Gasteiger charge is 2.25. The van der Waals surface area contributed by atoms with Crippen LogP contribution in [0.5, 0.6) is 0 Å². The maximum absolute atomic E-state index is 10.8. The van der Waals surface area contributed by atoms with Crippen LogP contribution in [0.2, 0.25) is 0 Å². The monoisotopic (exact) mass is 275 g/mol. The molecule has 2 aromatic heterocycles. The maximum Gasteiger partial charge on any atom is 0.303 e. The number of aliphatic carboxylic acids is 1. The quantitative estimate of drug-likeness (QED) is 0.868. The number of carboxylic acid groups (broad SMARTS) is 1. The Bertz CT molecular complexity index is 578. The molecular weight excluding hydrogens is 258 g/mol. The van der Waals surface area contributed by atoms with E-state index in [0.717, 1.165) is 5.56 Å². The lowest BCUT2D eigenvalue weighted by atomic mass is 9.86. The summed E-state index contributed by atoms with van der Waals surface area (Å²) in [5.41, 5.74) is 0.592. The number of hydrogen-bond acceptors (Lipinski definition) is 5. The smallest absolute Gasteiger partial charge is 0.303 e. The number of aromatic nitrogens is 3. The molecule has 2 heterocycles. The fraction of sp³-hybridized carbons (Fsp3) is 0.429. The van der Waals surface area contributed by atoms with E-state index >= 15 is 0 Å². The number of nitrogens with zero attached hydrogens (tertiary/aromatic N) is 3. The Kier molecular flexibility index (Phi) is 4.12. The molecule has 6 heteroatoms. The van der Waals surface area contributed by atoms with Gasteiger partial charge in [0.15, 0.2) is 5.82 Å². The van der Waals surface area contributed by atoms with Crippen LogP contribution in [0.3, 0.4) is 0 Å². The Balaban J connectivity index is 2.00. The number of pyridine rings is 1. The van der Waals surface area contributed by atoms with Gasteiger partial charge in [-0.1, -0.05) is 25.1 Å². The summed E-state index contributed by atoms with van der Waals surface area (Å²) in [6.45, 7) is 3.73. The predicted octanol–water partition coefficient (Wildman–Crippen LogP) is 2.10. The van der Waals surface area contributed by atoms with E-state index < -0.39 is 11.4 Å². The maximum atomic E-state index is 10.8. The van der Waals surface area contributed by atoms with Gasteiger partial charge in [-0.25, -0.2) is 0 Å². The molecule has 0 aromatic carbocycles. The molecule has 0 atom stereocenters. The van der Waals surface area contributed by atoms with Gasteiger partial charge in [-0.2, -0.15) is 4.98 Å². The standard InChI is InChI=1S/C14H17N3O3/c1-14(2,8-13(18)19)7-12-16-11(17-20-12)6-10-4-3-5-15-9-10/h3-5,9H,6-8H2,1-2H3,(H,18,19). The third kappa shape index (κ3) is 4.15. The van der Waals surface area contributed by atoms with Crippen LogP contribution in [0.1, 0.15) is 37.5 Å². The molecule has 0 radical (unpaired) electrons. The van der Waals surface area contributed by atoms with Gasteiger partial charge in [-0.15, -0.1) is 0 Å². The van der Waals surface area contributed by atoms with Gasteiger partial charge in [-0.05, 0) is 17.0 Å². The van der Waals surface area contributed by atoms with Crippen molar-refractivity contribution in [2.45, 2.75) is 33.1 Å². The summed E-state index contributed by atoms with van der Waals surface area (Å²) in [7, 11) is 0. The second-order valence-electron chi connectivity index (χ2n) is 5.55. The first-order valence-corrected chi connectivity index (χ1v) is 6.37. The molecule has 0 amide bonds. The van der Waals surface area contributed by atoms with Gasteiger partial charge in [0.25, 0.3) is 0 Å². The molecule has 0 bridgehead atoms. The van der Waals surface area contributed by atoms with Crippen molar-refractivity contribution in [1.29, 1.82) is 0 Å². The second kappa shape index (κ2) is 5.81. The van der Waals surface area contributed by atoms with E-state index in [0.29, 0.717) is 24.6 Å². The first-order valence-electron chi connectivity index (χ1n) is 6.37. The highest BCUT2D eigenvalue weighted by Crippen LogP contribution is 2.25. The largest absolute Gasteiger partial charge is 0.481 e. The lowest BCUT2D eigenvalue weighted by Crippen LogP contribution is -2.19. The van der Waals surface area contributed by atoms with Crippen molar-refractivity contribution in [1.82, 2.24) is 15.1 Å². The van der Waals surface area contributed by atoms with E-state index in [2.05, 4.69) is 15.1 Å². The van der Waals surface area contributed by atoms with E-state index in [1.165, 1.54) is 0 Å². The van der Waals surface area contributed by atoms with E-state index in [9.17, 15) is 4.79 Å². The molecular formula is C14H17N3O3. The molecule has 0 saturated heterocycles. The topological polar surface area (TPSA) is 89.1 Å². The lowest BCUT2D eigenvalue weighted by Gasteiger charge is -2.19. The number of hydrogen-bond donors (Lipinski definition) is 1. The van der Waals surface area contributed by atoms with E-state index in [-0.39, 0.29) is 6.42 Å².